The van der Waals surface area contributed by atoms with Crippen molar-refractivity contribution < 1.29 is 4.79 Å². The Kier molecular flexibility index (Phi) is 7.84. The lowest BCUT2D eigenvalue weighted by molar-refractivity contribution is 0.0773. The molecule has 6 heteroatoms. The van der Waals surface area contributed by atoms with Gasteiger partial charge in [0.1, 0.15) is 0 Å². The summed E-state index contributed by atoms with van der Waals surface area (Å²) in [6.45, 7) is 7.05. The minimum atomic E-state index is 0.0418. The van der Waals surface area contributed by atoms with Gasteiger partial charge in [0.25, 0.3) is 5.91 Å². The average Bonchev–Trinajstić information content (AvgIpc) is 2.48. The molecule has 0 atom stereocenters. The number of thiocarbonyl (C=S) groups is 1. The van der Waals surface area contributed by atoms with Gasteiger partial charge in [-0.2, -0.15) is 0 Å². The quantitative estimate of drug-likeness (QED) is 0.752. The van der Waals surface area contributed by atoms with Crippen molar-refractivity contribution in [2.75, 3.05) is 45.6 Å². The molecular formula is C16H26N4OS. The third-order valence-corrected chi connectivity index (χ3v) is 3.51. The predicted molar refractivity (Wildman–Crippen MR) is 96.5 cm³/mol. The molecule has 122 valence electrons. The van der Waals surface area contributed by atoms with Crippen LogP contribution >= 0.6 is 12.2 Å². The van der Waals surface area contributed by atoms with Crippen LogP contribution in [0.5, 0.6) is 0 Å². The van der Waals surface area contributed by atoms with E-state index in [9.17, 15) is 4.79 Å². The van der Waals surface area contributed by atoms with Crippen molar-refractivity contribution in [3.05, 3.63) is 29.8 Å². The van der Waals surface area contributed by atoms with Gasteiger partial charge in [-0.3, -0.25) is 4.79 Å². The maximum absolute atomic E-state index is 12.3. The molecule has 0 bridgehead atoms. The number of benzene rings is 1. The van der Waals surface area contributed by atoms with E-state index in [2.05, 4.69) is 15.5 Å². The molecule has 0 saturated heterocycles. The highest BCUT2D eigenvalue weighted by atomic mass is 32.1. The van der Waals surface area contributed by atoms with E-state index in [-0.39, 0.29) is 5.91 Å². The van der Waals surface area contributed by atoms with Gasteiger partial charge in [-0.05, 0) is 58.4 Å². The summed E-state index contributed by atoms with van der Waals surface area (Å²) in [5, 5.41) is 6.82. The second kappa shape index (κ2) is 9.38. The number of hydrogen-bond acceptors (Lipinski definition) is 3. The maximum atomic E-state index is 12.3. The standard InChI is InChI=1S/C16H26N4OS/c1-5-20(6-2)15(21)13-8-7-9-14(12-13)18-16(22)17-10-11-19(3)4/h7-9,12H,5-6,10-11H2,1-4H3,(H2,17,18,22). The van der Waals surface area contributed by atoms with Crippen molar-refractivity contribution in [1.29, 1.82) is 0 Å². The third kappa shape index (κ3) is 5.99. The summed E-state index contributed by atoms with van der Waals surface area (Å²) in [6.07, 6.45) is 0. The Hall–Kier alpha value is -1.66. The first kappa shape index (κ1) is 18.4. The Labute approximate surface area is 138 Å². The average molecular weight is 322 g/mol. The molecule has 0 heterocycles. The molecule has 0 aliphatic rings. The topological polar surface area (TPSA) is 47.6 Å². The lowest BCUT2D eigenvalue weighted by atomic mass is 10.1. The van der Waals surface area contributed by atoms with Crippen LogP contribution in [0, 0.1) is 0 Å². The lowest BCUT2D eigenvalue weighted by Crippen LogP contribution is -2.34. The van der Waals surface area contributed by atoms with E-state index in [1.165, 1.54) is 0 Å². The molecule has 5 nitrogen and oxygen atoms in total. The zero-order valence-corrected chi connectivity index (χ0v) is 14.7. The van der Waals surface area contributed by atoms with Crippen molar-refractivity contribution in [2.24, 2.45) is 0 Å². The summed E-state index contributed by atoms with van der Waals surface area (Å²) >= 11 is 5.26. The highest BCUT2D eigenvalue weighted by Crippen LogP contribution is 2.12. The number of amides is 1. The Morgan fingerprint density at radius 3 is 2.50 bits per heavy atom. The van der Waals surface area contributed by atoms with Crippen LogP contribution in [0.3, 0.4) is 0 Å². The largest absolute Gasteiger partial charge is 0.361 e. The molecule has 0 saturated carbocycles. The molecule has 0 aliphatic heterocycles. The molecule has 0 aliphatic carbocycles. The zero-order chi connectivity index (χ0) is 16.5. The fourth-order valence-corrected chi connectivity index (χ4v) is 2.21. The van der Waals surface area contributed by atoms with E-state index in [1.807, 2.05) is 52.2 Å². The summed E-state index contributed by atoms with van der Waals surface area (Å²) in [6, 6.07) is 7.43. The molecule has 0 unspecified atom stereocenters. The Bertz CT molecular complexity index is 501. The highest BCUT2D eigenvalue weighted by Gasteiger charge is 2.12. The van der Waals surface area contributed by atoms with Crippen LogP contribution in [0.15, 0.2) is 24.3 Å². The van der Waals surface area contributed by atoms with Gasteiger partial charge in [0.15, 0.2) is 5.11 Å². The van der Waals surface area contributed by atoms with Crippen molar-refractivity contribution in [2.45, 2.75) is 13.8 Å². The second-order valence-corrected chi connectivity index (χ2v) is 5.65. The Morgan fingerprint density at radius 1 is 1.23 bits per heavy atom. The van der Waals surface area contributed by atoms with Gasteiger partial charge in [0.05, 0.1) is 0 Å². The molecule has 1 aromatic rings. The van der Waals surface area contributed by atoms with E-state index >= 15 is 0 Å². The third-order valence-electron chi connectivity index (χ3n) is 3.26. The first-order valence-corrected chi connectivity index (χ1v) is 7.97. The molecule has 2 N–H and O–H groups in total. The molecule has 0 radical (unpaired) electrons. The van der Waals surface area contributed by atoms with Gasteiger partial charge < -0.3 is 20.4 Å². The number of nitrogens with zero attached hydrogens (tertiary/aromatic N) is 2. The molecular weight excluding hydrogens is 296 g/mol. The van der Waals surface area contributed by atoms with Gasteiger partial charge in [0, 0.05) is 37.4 Å². The summed E-state index contributed by atoms with van der Waals surface area (Å²) in [4.78, 5) is 16.2. The normalized spacial score (nSPS) is 10.4. The van der Waals surface area contributed by atoms with Gasteiger partial charge in [-0.25, -0.2) is 0 Å². The minimum absolute atomic E-state index is 0.0418. The molecule has 1 aromatic carbocycles. The number of likely N-dealkylation sites (N-methyl/N-ethyl adjacent to an activating group) is 1. The fourth-order valence-electron chi connectivity index (χ4n) is 1.99. The number of rotatable bonds is 7. The number of carbonyl (C=O) groups is 1. The van der Waals surface area contributed by atoms with Gasteiger partial charge in [-0.15, -0.1) is 0 Å². The van der Waals surface area contributed by atoms with Gasteiger partial charge in [0.2, 0.25) is 0 Å². The molecule has 22 heavy (non-hydrogen) atoms. The van der Waals surface area contributed by atoms with Crippen LogP contribution in [0.1, 0.15) is 24.2 Å². The van der Waals surface area contributed by atoms with Crippen LogP contribution < -0.4 is 10.6 Å². The lowest BCUT2D eigenvalue weighted by Gasteiger charge is -2.19. The monoisotopic (exact) mass is 322 g/mol. The Morgan fingerprint density at radius 2 is 1.91 bits per heavy atom. The van der Waals surface area contributed by atoms with E-state index in [4.69, 9.17) is 12.2 Å². The van der Waals surface area contributed by atoms with E-state index in [1.54, 1.807) is 4.90 Å². The first-order chi connectivity index (χ1) is 10.5. The zero-order valence-electron chi connectivity index (χ0n) is 13.8. The Balaban J connectivity index is 2.64. The first-order valence-electron chi connectivity index (χ1n) is 7.56. The van der Waals surface area contributed by atoms with E-state index in [0.29, 0.717) is 23.8 Å². The molecule has 0 aromatic heterocycles. The molecule has 0 fully saturated rings. The van der Waals surface area contributed by atoms with Crippen molar-refractivity contribution in [3.8, 4) is 0 Å². The maximum Gasteiger partial charge on any atom is 0.253 e. The highest BCUT2D eigenvalue weighted by molar-refractivity contribution is 7.80. The molecule has 0 spiro atoms. The smallest absolute Gasteiger partial charge is 0.253 e. The van der Waals surface area contributed by atoms with Crippen molar-refractivity contribution in [3.63, 3.8) is 0 Å². The van der Waals surface area contributed by atoms with Crippen molar-refractivity contribution in [1.82, 2.24) is 15.1 Å². The second-order valence-electron chi connectivity index (χ2n) is 5.24. The number of carbonyl (C=O) groups excluding carboxylic acids is 1. The van der Waals surface area contributed by atoms with Crippen LogP contribution in [0.25, 0.3) is 0 Å². The van der Waals surface area contributed by atoms with E-state index < -0.39 is 0 Å². The van der Waals surface area contributed by atoms with Crippen LogP contribution in [-0.2, 0) is 0 Å². The SMILES string of the molecule is CCN(CC)C(=O)c1cccc(NC(=S)NCCN(C)C)c1. The van der Waals surface area contributed by atoms with Crippen LogP contribution in [-0.4, -0.2) is 61.1 Å². The molecule has 1 amide bonds. The van der Waals surface area contributed by atoms with Crippen molar-refractivity contribution >= 4 is 28.9 Å². The summed E-state index contributed by atoms with van der Waals surface area (Å²) in [5.41, 5.74) is 1.49. The van der Waals surface area contributed by atoms with E-state index in [0.717, 1.165) is 18.8 Å². The summed E-state index contributed by atoms with van der Waals surface area (Å²) in [5.74, 6) is 0.0418. The number of nitrogens with one attached hydrogen (secondary N) is 2. The van der Waals surface area contributed by atoms with Gasteiger partial charge in [-0.1, -0.05) is 6.07 Å². The van der Waals surface area contributed by atoms with Gasteiger partial charge >= 0.3 is 0 Å². The van der Waals surface area contributed by atoms with Crippen LogP contribution in [0.2, 0.25) is 0 Å². The summed E-state index contributed by atoms with van der Waals surface area (Å²) in [7, 11) is 4.03. The molecule has 1 rings (SSSR count). The van der Waals surface area contributed by atoms with Crippen LogP contribution in [0.4, 0.5) is 5.69 Å². The summed E-state index contributed by atoms with van der Waals surface area (Å²) < 4.78 is 0. The fraction of sp³-hybridized carbons (Fsp3) is 0.500. The number of anilines is 1. The minimum Gasteiger partial charge on any atom is -0.361 e. The number of hydrogen-bond donors (Lipinski definition) is 2. The predicted octanol–water partition coefficient (Wildman–Crippen LogP) is 2.02.